The van der Waals surface area contributed by atoms with E-state index in [4.69, 9.17) is 9.16 Å². The average molecular weight is 422 g/mol. The van der Waals surface area contributed by atoms with E-state index in [1.165, 1.54) is 5.56 Å². The first-order valence-electron chi connectivity index (χ1n) is 11.3. The molecule has 1 aromatic carbocycles. The van der Waals surface area contributed by atoms with Crippen molar-refractivity contribution in [3.63, 3.8) is 0 Å². The van der Waals surface area contributed by atoms with E-state index in [9.17, 15) is 5.11 Å². The van der Waals surface area contributed by atoms with Gasteiger partial charge in [-0.3, -0.25) is 0 Å². The molecule has 2 rings (SSSR count). The molecule has 0 fully saturated rings. The van der Waals surface area contributed by atoms with Crippen molar-refractivity contribution in [3.8, 4) is 11.5 Å². The van der Waals surface area contributed by atoms with Crippen LogP contribution in [-0.4, -0.2) is 38.2 Å². The van der Waals surface area contributed by atoms with Gasteiger partial charge in [-0.15, -0.1) is 0 Å². The molecule has 0 spiro atoms. The molecular weight excluding hydrogens is 378 g/mol. The van der Waals surface area contributed by atoms with Crippen molar-refractivity contribution in [2.75, 3.05) is 6.61 Å². The largest absolute Gasteiger partial charge is 0.541 e. The van der Waals surface area contributed by atoms with Crippen LogP contribution in [0.25, 0.3) is 0 Å². The third-order valence-electron chi connectivity index (χ3n) is 6.60. The number of phenolic OH excluding ortho intramolecular Hbond substituents is 1. The van der Waals surface area contributed by atoms with Crippen molar-refractivity contribution in [2.45, 2.75) is 110 Å². The Morgan fingerprint density at radius 2 is 1.93 bits per heavy atom. The molecule has 0 aliphatic heterocycles. The van der Waals surface area contributed by atoms with E-state index in [2.05, 4.69) is 66.0 Å². The molecule has 2 N–H and O–H groups in total. The Hall–Kier alpha value is -1.04. The molecule has 0 radical (unpaired) electrons. The van der Waals surface area contributed by atoms with Crippen molar-refractivity contribution < 1.29 is 14.3 Å². The Morgan fingerprint density at radius 3 is 2.52 bits per heavy atom. The number of ether oxygens (including phenoxy) is 1. The second-order valence-corrected chi connectivity index (χ2v) is 15.1. The molecule has 1 aromatic rings. The standard InChI is InChI=1S/C24H43NO3Si/c1-9-19(14-15-27-17(2)3)25-20-11-12-21-18(16-20)10-13-22(23(21)26)28-29(7,8)24(4,5)6/h10,13,17,19-20,25-26H,9,11-12,14-16H2,1-8H3. The Morgan fingerprint density at radius 1 is 1.24 bits per heavy atom. The maximum absolute atomic E-state index is 10.9. The lowest BCUT2D eigenvalue weighted by Gasteiger charge is -2.37. The summed E-state index contributed by atoms with van der Waals surface area (Å²) in [6.07, 6.45) is 5.35. The zero-order valence-electron chi connectivity index (χ0n) is 19.9. The van der Waals surface area contributed by atoms with E-state index in [-0.39, 0.29) is 5.04 Å². The normalized spacial score (nSPS) is 18.6. The third-order valence-corrected chi connectivity index (χ3v) is 10.9. The number of nitrogens with one attached hydrogen (secondary N) is 1. The van der Waals surface area contributed by atoms with Crippen LogP contribution in [-0.2, 0) is 17.6 Å². The molecular formula is C24H43NO3Si. The minimum absolute atomic E-state index is 0.110. The van der Waals surface area contributed by atoms with Crippen LogP contribution in [0.1, 0.15) is 71.9 Å². The summed E-state index contributed by atoms with van der Waals surface area (Å²) in [4.78, 5) is 0. The first-order chi connectivity index (χ1) is 13.4. The Balaban J connectivity index is 2.03. The molecule has 29 heavy (non-hydrogen) atoms. The van der Waals surface area contributed by atoms with Crippen molar-refractivity contribution >= 4 is 8.32 Å². The summed E-state index contributed by atoms with van der Waals surface area (Å²) in [7, 11) is -1.97. The summed E-state index contributed by atoms with van der Waals surface area (Å²) in [5.41, 5.74) is 2.33. The van der Waals surface area contributed by atoms with Gasteiger partial charge in [-0.05, 0) is 75.7 Å². The molecule has 2 unspecified atom stereocenters. The molecule has 1 aliphatic rings. The molecule has 166 valence electrons. The van der Waals surface area contributed by atoms with Crippen LogP contribution in [0.3, 0.4) is 0 Å². The van der Waals surface area contributed by atoms with E-state index in [1.807, 2.05) is 6.07 Å². The Labute approximate surface area is 179 Å². The highest BCUT2D eigenvalue weighted by molar-refractivity contribution is 6.74. The minimum Gasteiger partial charge on any atom is -0.541 e. The molecule has 1 aliphatic carbocycles. The van der Waals surface area contributed by atoms with Gasteiger partial charge in [0.2, 0.25) is 0 Å². The van der Waals surface area contributed by atoms with Crippen molar-refractivity contribution in [3.05, 3.63) is 23.3 Å². The first-order valence-corrected chi connectivity index (χ1v) is 14.3. The van der Waals surface area contributed by atoms with Gasteiger partial charge in [-0.25, -0.2) is 0 Å². The van der Waals surface area contributed by atoms with E-state index >= 15 is 0 Å². The number of fused-ring (bicyclic) bond motifs is 1. The fourth-order valence-electron chi connectivity index (χ4n) is 3.65. The Kier molecular flexibility index (Phi) is 8.22. The minimum atomic E-state index is -1.97. The molecule has 2 atom stereocenters. The maximum atomic E-state index is 10.9. The van der Waals surface area contributed by atoms with Gasteiger partial charge in [-0.2, -0.15) is 0 Å². The van der Waals surface area contributed by atoms with Crippen LogP contribution in [0, 0.1) is 0 Å². The van der Waals surface area contributed by atoms with Gasteiger partial charge in [0, 0.05) is 24.3 Å². The number of hydrogen-bond acceptors (Lipinski definition) is 4. The number of benzene rings is 1. The zero-order chi connectivity index (χ0) is 21.8. The SMILES string of the molecule is CCC(CCOC(C)C)NC1CCc2c(ccc(O[Si](C)(C)C(C)(C)C)c2O)C1. The van der Waals surface area contributed by atoms with Gasteiger partial charge in [-0.1, -0.05) is 33.8 Å². The number of phenols is 1. The number of aromatic hydroxyl groups is 1. The summed E-state index contributed by atoms with van der Waals surface area (Å²) < 4.78 is 12.1. The van der Waals surface area contributed by atoms with E-state index in [0.29, 0.717) is 29.7 Å². The predicted molar refractivity (Wildman–Crippen MR) is 125 cm³/mol. The summed E-state index contributed by atoms with van der Waals surface area (Å²) in [5.74, 6) is 1.03. The second kappa shape index (κ2) is 9.84. The monoisotopic (exact) mass is 421 g/mol. The molecule has 0 amide bonds. The van der Waals surface area contributed by atoms with Crippen molar-refractivity contribution in [1.29, 1.82) is 0 Å². The van der Waals surface area contributed by atoms with Gasteiger partial charge < -0.3 is 19.6 Å². The maximum Gasteiger partial charge on any atom is 0.250 e. The lowest BCUT2D eigenvalue weighted by Crippen LogP contribution is -2.44. The third kappa shape index (κ3) is 6.47. The molecule has 0 aromatic heterocycles. The molecule has 0 saturated heterocycles. The molecule has 0 heterocycles. The summed E-state index contributed by atoms with van der Waals surface area (Å²) in [5, 5.41) is 14.8. The lowest BCUT2D eigenvalue weighted by atomic mass is 9.87. The van der Waals surface area contributed by atoms with Crippen LogP contribution in [0.15, 0.2) is 12.1 Å². The zero-order valence-corrected chi connectivity index (χ0v) is 20.9. The molecule has 5 heteroatoms. The van der Waals surface area contributed by atoms with Gasteiger partial charge >= 0.3 is 0 Å². The van der Waals surface area contributed by atoms with Crippen LogP contribution in [0.5, 0.6) is 11.5 Å². The van der Waals surface area contributed by atoms with Crippen LogP contribution in [0.4, 0.5) is 0 Å². The van der Waals surface area contributed by atoms with Crippen LogP contribution < -0.4 is 9.74 Å². The highest BCUT2D eigenvalue weighted by Gasteiger charge is 2.39. The molecule has 4 nitrogen and oxygen atoms in total. The van der Waals surface area contributed by atoms with E-state index in [1.54, 1.807) is 0 Å². The van der Waals surface area contributed by atoms with Crippen LogP contribution in [0.2, 0.25) is 18.1 Å². The Bertz CT molecular complexity index is 667. The first kappa shape index (κ1) is 24.2. The van der Waals surface area contributed by atoms with Gasteiger partial charge in [0.1, 0.15) is 5.75 Å². The van der Waals surface area contributed by atoms with Gasteiger partial charge in [0.15, 0.2) is 5.75 Å². The van der Waals surface area contributed by atoms with E-state index in [0.717, 1.165) is 44.3 Å². The van der Waals surface area contributed by atoms with Crippen molar-refractivity contribution in [2.24, 2.45) is 0 Å². The topological polar surface area (TPSA) is 50.7 Å². The smallest absolute Gasteiger partial charge is 0.250 e. The van der Waals surface area contributed by atoms with Gasteiger partial charge in [0.05, 0.1) is 6.10 Å². The summed E-state index contributed by atoms with van der Waals surface area (Å²) in [6, 6.07) is 5.08. The average Bonchev–Trinajstić information content (AvgIpc) is 2.62. The number of rotatable bonds is 9. The summed E-state index contributed by atoms with van der Waals surface area (Å²) in [6.45, 7) is 18.3. The fourth-order valence-corrected chi connectivity index (χ4v) is 4.67. The molecule has 0 saturated carbocycles. The van der Waals surface area contributed by atoms with Crippen molar-refractivity contribution in [1.82, 2.24) is 5.32 Å². The fraction of sp³-hybridized carbons (Fsp3) is 0.750. The lowest BCUT2D eigenvalue weighted by molar-refractivity contribution is 0.0702. The second-order valence-electron chi connectivity index (χ2n) is 10.3. The van der Waals surface area contributed by atoms with Gasteiger partial charge in [0.25, 0.3) is 8.32 Å². The highest BCUT2D eigenvalue weighted by atomic mass is 28.4. The summed E-state index contributed by atoms with van der Waals surface area (Å²) >= 11 is 0. The highest BCUT2D eigenvalue weighted by Crippen LogP contribution is 2.42. The molecule has 0 bridgehead atoms. The van der Waals surface area contributed by atoms with Crippen LogP contribution >= 0.6 is 0 Å². The number of hydrogen-bond donors (Lipinski definition) is 2. The quantitative estimate of drug-likeness (QED) is 0.494. The predicted octanol–water partition coefficient (Wildman–Crippen LogP) is 5.82. The van der Waals surface area contributed by atoms with E-state index < -0.39 is 8.32 Å².